The first kappa shape index (κ1) is 22.3. The molecule has 0 aliphatic heterocycles. The Labute approximate surface area is 161 Å². The van der Waals surface area contributed by atoms with Crippen molar-refractivity contribution in [1.82, 2.24) is 0 Å². The van der Waals surface area contributed by atoms with Gasteiger partial charge in [-0.05, 0) is 61.9 Å². The van der Waals surface area contributed by atoms with Crippen LogP contribution in [0.3, 0.4) is 0 Å². The molecule has 1 aliphatic rings. The normalized spacial score (nSPS) is 20.8. The van der Waals surface area contributed by atoms with Crippen molar-refractivity contribution in [3.05, 3.63) is 35.9 Å². The van der Waals surface area contributed by atoms with Crippen LogP contribution in [0, 0.1) is 5.92 Å². The van der Waals surface area contributed by atoms with Gasteiger partial charge in [-0.15, -0.1) is 0 Å². The summed E-state index contributed by atoms with van der Waals surface area (Å²) < 4.78 is 11.9. The van der Waals surface area contributed by atoms with Crippen molar-refractivity contribution < 1.29 is 14.0 Å². The maximum absolute atomic E-state index is 12.1. The molecular formula is C20H34O3SSi. The van der Waals surface area contributed by atoms with E-state index >= 15 is 0 Å². The third-order valence-corrected chi connectivity index (χ3v) is 10.1. The van der Waals surface area contributed by atoms with E-state index in [9.17, 15) is 4.79 Å². The molecule has 1 aliphatic carbocycles. The first-order chi connectivity index (χ1) is 11.2. The molecule has 1 saturated carbocycles. The van der Waals surface area contributed by atoms with E-state index in [0.29, 0.717) is 11.5 Å². The highest BCUT2D eigenvalue weighted by molar-refractivity contribution is 7.59. The second kappa shape index (κ2) is 9.24. The van der Waals surface area contributed by atoms with Gasteiger partial charge in [-0.25, -0.2) is 4.79 Å². The Morgan fingerprint density at radius 3 is 2.40 bits per heavy atom. The molecule has 0 N–H and O–H groups in total. The second-order valence-corrected chi connectivity index (χ2v) is 13.3. The third kappa shape index (κ3) is 6.46. The lowest BCUT2D eigenvalue weighted by Crippen LogP contribution is -2.41. The molecule has 142 valence electrons. The standard InChI is InChI=1S/C20H32O3Si.H2S/c1-20(2,3)24(4,5)22-14-13-16-11-12-18(15-16)23-19(21)17-9-7-6-8-10-17;/h6-10,16,18H,11-15H2,1-5H3;1H2/t16-,18+;/m0./s1. The minimum absolute atomic E-state index is 0. The summed E-state index contributed by atoms with van der Waals surface area (Å²) in [5.74, 6) is 0.419. The van der Waals surface area contributed by atoms with E-state index in [1.165, 1.54) is 0 Å². The highest BCUT2D eigenvalue weighted by Gasteiger charge is 2.37. The molecular weight excluding hydrogens is 348 g/mol. The highest BCUT2D eigenvalue weighted by Crippen LogP contribution is 2.37. The molecule has 0 amide bonds. The molecule has 1 aromatic carbocycles. The Morgan fingerprint density at radius 1 is 1.16 bits per heavy atom. The van der Waals surface area contributed by atoms with E-state index < -0.39 is 8.32 Å². The molecule has 5 heteroatoms. The molecule has 0 unspecified atom stereocenters. The molecule has 0 aromatic heterocycles. The molecule has 0 spiro atoms. The Hall–Kier alpha value is -0.783. The van der Waals surface area contributed by atoms with Gasteiger partial charge in [0.25, 0.3) is 0 Å². The zero-order chi connectivity index (χ0) is 17.8. The van der Waals surface area contributed by atoms with E-state index in [2.05, 4.69) is 33.9 Å². The van der Waals surface area contributed by atoms with Gasteiger partial charge in [0.05, 0.1) is 5.56 Å². The molecule has 2 atom stereocenters. The summed E-state index contributed by atoms with van der Waals surface area (Å²) in [6.45, 7) is 12.2. The first-order valence-electron chi connectivity index (χ1n) is 9.09. The van der Waals surface area contributed by atoms with Crippen LogP contribution in [0.25, 0.3) is 0 Å². The zero-order valence-electron chi connectivity index (χ0n) is 16.3. The number of rotatable bonds is 6. The number of esters is 1. The van der Waals surface area contributed by atoms with Gasteiger partial charge in [0.15, 0.2) is 8.32 Å². The molecule has 1 aromatic rings. The summed E-state index contributed by atoms with van der Waals surface area (Å²) in [6.07, 6.45) is 4.22. The Morgan fingerprint density at radius 2 is 1.80 bits per heavy atom. The monoisotopic (exact) mass is 382 g/mol. The SMILES string of the molecule is CC(C)(C)[Si](C)(C)OCC[C@@H]1CC[C@@H](OC(=O)c2ccccc2)C1.S. The van der Waals surface area contributed by atoms with Gasteiger partial charge in [0.2, 0.25) is 0 Å². The van der Waals surface area contributed by atoms with Crippen molar-refractivity contribution in [2.24, 2.45) is 5.92 Å². The predicted octanol–water partition coefficient (Wildman–Crippen LogP) is 5.54. The van der Waals surface area contributed by atoms with Crippen LogP contribution in [0.15, 0.2) is 30.3 Å². The van der Waals surface area contributed by atoms with Crippen LogP contribution in [0.2, 0.25) is 18.1 Å². The van der Waals surface area contributed by atoms with Crippen molar-refractivity contribution >= 4 is 27.8 Å². The smallest absolute Gasteiger partial charge is 0.338 e. The van der Waals surface area contributed by atoms with Crippen LogP contribution in [-0.2, 0) is 9.16 Å². The number of hydrogen-bond donors (Lipinski definition) is 0. The number of ether oxygens (including phenoxy) is 1. The summed E-state index contributed by atoms with van der Waals surface area (Å²) >= 11 is 0. The fourth-order valence-corrected chi connectivity index (χ4v) is 3.95. The van der Waals surface area contributed by atoms with Crippen LogP contribution in [0.5, 0.6) is 0 Å². The van der Waals surface area contributed by atoms with Gasteiger partial charge in [-0.3, -0.25) is 0 Å². The Balaban J connectivity index is 0.00000312. The molecule has 0 heterocycles. The minimum atomic E-state index is -1.65. The summed E-state index contributed by atoms with van der Waals surface area (Å²) in [4.78, 5) is 12.1. The summed E-state index contributed by atoms with van der Waals surface area (Å²) in [6, 6.07) is 9.26. The van der Waals surface area contributed by atoms with E-state index in [1.807, 2.05) is 30.3 Å². The fraction of sp³-hybridized carbons (Fsp3) is 0.650. The predicted molar refractivity (Wildman–Crippen MR) is 111 cm³/mol. The number of carbonyl (C=O) groups is 1. The van der Waals surface area contributed by atoms with E-state index in [1.54, 1.807) is 0 Å². The number of hydrogen-bond acceptors (Lipinski definition) is 3. The second-order valence-electron chi connectivity index (χ2n) is 8.47. The summed E-state index contributed by atoms with van der Waals surface area (Å²) in [7, 11) is -1.65. The highest BCUT2D eigenvalue weighted by atomic mass is 32.1. The van der Waals surface area contributed by atoms with Crippen molar-refractivity contribution in [2.45, 2.75) is 70.7 Å². The van der Waals surface area contributed by atoms with Gasteiger partial charge >= 0.3 is 5.97 Å². The Bertz CT molecular complexity index is 540. The average molecular weight is 383 g/mol. The molecule has 0 saturated heterocycles. The van der Waals surface area contributed by atoms with Gasteiger partial charge in [-0.1, -0.05) is 39.0 Å². The quantitative estimate of drug-likeness (QED) is 0.479. The van der Waals surface area contributed by atoms with Crippen molar-refractivity contribution in [3.8, 4) is 0 Å². The first-order valence-corrected chi connectivity index (χ1v) is 12.0. The minimum Gasteiger partial charge on any atom is -0.459 e. The van der Waals surface area contributed by atoms with E-state index in [0.717, 1.165) is 32.3 Å². The van der Waals surface area contributed by atoms with Crippen LogP contribution >= 0.6 is 13.5 Å². The van der Waals surface area contributed by atoms with Crippen molar-refractivity contribution in [3.63, 3.8) is 0 Å². The van der Waals surface area contributed by atoms with Gasteiger partial charge < -0.3 is 9.16 Å². The van der Waals surface area contributed by atoms with Gasteiger partial charge in [0.1, 0.15) is 6.10 Å². The van der Waals surface area contributed by atoms with Crippen LogP contribution in [0.4, 0.5) is 0 Å². The van der Waals surface area contributed by atoms with Crippen LogP contribution in [-0.4, -0.2) is 27.0 Å². The fourth-order valence-electron chi connectivity index (χ4n) is 2.89. The lowest BCUT2D eigenvalue weighted by molar-refractivity contribution is 0.0307. The molecule has 0 radical (unpaired) electrons. The molecule has 0 bridgehead atoms. The van der Waals surface area contributed by atoms with Gasteiger partial charge in [0, 0.05) is 6.61 Å². The summed E-state index contributed by atoms with van der Waals surface area (Å²) in [5.41, 5.74) is 0.641. The van der Waals surface area contributed by atoms with Crippen LogP contribution < -0.4 is 0 Å². The Kier molecular flexibility index (Phi) is 8.23. The number of benzene rings is 1. The molecule has 2 rings (SSSR count). The molecule has 25 heavy (non-hydrogen) atoms. The lowest BCUT2D eigenvalue weighted by Gasteiger charge is -2.36. The molecule has 1 fully saturated rings. The largest absolute Gasteiger partial charge is 0.459 e. The van der Waals surface area contributed by atoms with Crippen LogP contribution in [0.1, 0.15) is 56.8 Å². The topological polar surface area (TPSA) is 35.5 Å². The number of carbonyl (C=O) groups excluding carboxylic acids is 1. The summed E-state index contributed by atoms with van der Waals surface area (Å²) in [5, 5.41) is 0.260. The van der Waals surface area contributed by atoms with Gasteiger partial charge in [-0.2, -0.15) is 13.5 Å². The molecule has 3 nitrogen and oxygen atoms in total. The van der Waals surface area contributed by atoms with Crippen molar-refractivity contribution in [1.29, 1.82) is 0 Å². The van der Waals surface area contributed by atoms with E-state index in [4.69, 9.17) is 9.16 Å². The average Bonchev–Trinajstić information content (AvgIpc) is 2.94. The van der Waals surface area contributed by atoms with Crippen molar-refractivity contribution in [2.75, 3.05) is 6.61 Å². The maximum Gasteiger partial charge on any atom is 0.338 e. The third-order valence-electron chi connectivity index (χ3n) is 5.57. The zero-order valence-corrected chi connectivity index (χ0v) is 18.3. The van der Waals surface area contributed by atoms with E-state index in [-0.39, 0.29) is 30.6 Å². The lowest BCUT2D eigenvalue weighted by atomic mass is 10.1. The maximum atomic E-state index is 12.1.